The summed E-state index contributed by atoms with van der Waals surface area (Å²) in [6.45, 7) is 4.94. The summed E-state index contributed by atoms with van der Waals surface area (Å²) < 4.78 is 52.4. The van der Waals surface area contributed by atoms with Crippen molar-refractivity contribution < 1.29 is 32.3 Å². The molecule has 3 rings (SSSR count). The number of hydrogen-bond acceptors (Lipinski definition) is 4. The standard InChI is InChI=1S/C29H32F2NO4/c1-19(2)18-32-22(12-10-20-14-26(33-3)28(35-5)16-24(20)30)8-7-9-23(32)13-11-21-15-27(34-4)29(36-6)17-25(21)31/h7-17,19H,18H2,1-6H3/q+1/b12-10+,13-11+. The van der Waals surface area contributed by atoms with Crippen molar-refractivity contribution in [3.8, 4) is 23.0 Å². The normalized spacial score (nSPS) is 11.5. The number of methoxy groups -OCH3 is 4. The Morgan fingerprint density at radius 3 is 1.42 bits per heavy atom. The SMILES string of the molecule is COc1cc(F)c(/C=C/c2cccc(/C=C/c3cc(OC)c(OC)cc3F)[n+]2CC(C)C)cc1OC. The molecular formula is C29H32F2NO4+. The molecule has 1 heterocycles. The summed E-state index contributed by atoms with van der Waals surface area (Å²) in [5, 5.41) is 0. The molecule has 0 aliphatic carbocycles. The molecule has 190 valence electrons. The molecule has 0 aliphatic rings. The Hall–Kier alpha value is -3.87. The fourth-order valence-corrected chi connectivity index (χ4v) is 3.79. The van der Waals surface area contributed by atoms with Gasteiger partial charge in [0, 0.05) is 53.5 Å². The number of benzene rings is 2. The van der Waals surface area contributed by atoms with E-state index >= 15 is 0 Å². The first-order chi connectivity index (χ1) is 17.3. The van der Waals surface area contributed by atoms with Gasteiger partial charge in [0.1, 0.15) is 11.6 Å². The molecule has 0 amide bonds. The molecule has 0 saturated heterocycles. The van der Waals surface area contributed by atoms with E-state index in [2.05, 4.69) is 18.4 Å². The Bertz CT molecular complexity index is 1180. The van der Waals surface area contributed by atoms with Crippen LogP contribution in [0.5, 0.6) is 23.0 Å². The average Bonchev–Trinajstić information content (AvgIpc) is 2.87. The molecule has 0 saturated carbocycles. The average molecular weight is 497 g/mol. The van der Waals surface area contributed by atoms with Crippen LogP contribution in [0.25, 0.3) is 24.3 Å². The lowest BCUT2D eigenvalue weighted by atomic mass is 10.1. The molecule has 0 unspecified atom stereocenters. The molecule has 0 aliphatic heterocycles. The van der Waals surface area contributed by atoms with Gasteiger partial charge in [-0.15, -0.1) is 0 Å². The number of ether oxygens (including phenoxy) is 4. The summed E-state index contributed by atoms with van der Waals surface area (Å²) >= 11 is 0. The first-order valence-corrected chi connectivity index (χ1v) is 11.5. The minimum Gasteiger partial charge on any atom is -0.493 e. The van der Waals surface area contributed by atoms with Crippen LogP contribution >= 0.6 is 0 Å². The quantitative estimate of drug-likeness (QED) is 0.310. The molecule has 2 aromatic carbocycles. The topological polar surface area (TPSA) is 40.8 Å². The van der Waals surface area contributed by atoms with Crippen molar-refractivity contribution in [1.29, 1.82) is 0 Å². The van der Waals surface area contributed by atoms with Gasteiger partial charge in [0.25, 0.3) is 0 Å². The summed E-state index contributed by atoms with van der Waals surface area (Å²) in [5.41, 5.74) is 2.48. The second-order valence-electron chi connectivity index (χ2n) is 8.50. The van der Waals surface area contributed by atoms with E-state index in [1.54, 1.807) is 24.3 Å². The Morgan fingerprint density at radius 1 is 0.667 bits per heavy atom. The lowest BCUT2D eigenvalue weighted by Crippen LogP contribution is -2.42. The van der Waals surface area contributed by atoms with E-state index in [1.807, 2.05) is 30.4 Å². The fraction of sp³-hybridized carbons (Fsp3) is 0.276. The van der Waals surface area contributed by atoms with Crippen LogP contribution < -0.4 is 23.5 Å². The van der Waals surface area contributed by atoms with Gasteiger partial charge >= 0.3 is 0 Å². The minimum absolute atomic E-state index is 0.330. The third-order valence-corrected chi connectivity index (χ3v) is 5.58. The second-order valence-corrected chi connectivity index (χ2v) is 8.50. The van der Waals surface area contributed by atoms with Gasteiger partial charge in [-0.05, 0) is 30.4 Å². The number of rotatable bonds is 10. The lowest BCUT2D eigenvalue weighted by Gasteiger charge is -2.10. The molecule has 1 aromatic heterocycles. The molecule has 0 atom stereocenters. The zero-order valence-electron chi connectivity index (χ0n) is 21.5. The number of halogens is 2. The summed E-state index contributed by atoms with van der Waals surface area (Å²) in [6.07, 6.45) is 7.10. The first-order valence-electron chi connectivity index (χ1n) is 11.5. The predicted octanol–water partition coefficient (Wildman–Crippen LogP) is 6.28. The first kappa shape index (κ1) is 26.7. The number of hydrogen-bond donors (Lipinski definition) is 0. The highest BCUT2D eigenvalue weighted by Gasteiger charge is 2.16. The van der Waals surface area contributed by atoms with Crippen molar-refractivity contribution in [2.45, 2.75) is 20.4 Å². The highest BCUT2D eigenvalue weighted by Crippen LogP contribution is 2.31. The lowest BCUT2D eigenvalue weighted by molar-refractivity contribution is -0.705. The van der Waals surface area contributed by atoms with Crippen LogP contribution in [0.1, 0.15) is 36.4 Å². The van der Waals surface area contributed by atoms with Crippen molar-refractivity contribution in [3.63, 3.8) is 0 Å². The van der Waals surface area contributed by atoms with Gasteiger partial charge in [0.05, 0.1) is 28.4 Å². The minimum atomic E-state index is -0.417. The molecule has 36 heavy (non-hydrogen) atoms. The van der Waals surface area contributed by atoms with E-state index in [-0.39, 0.29) is 0 Å². The highest BCUT2D eigenvalue weighted by atomic mass is 19.1. The van der Waals surface area contributed by atoms with E-state index in [9.17, 15) is 8.78 Å². The molecule has 0 bridgehead atoms. The molecule has 0 N–H and O–H groups in total. The summed E-state index contributed by atoms with van der Waals surface area (Å²) in [7, 11) is 5.96. The van der Waals surface area contributed by atoms with Crippen LogP contribution in [0.2, 0.25) is 0 Å². The third kappa shape index (κ3) is 6.22. The molecule has 7 heteroatoms. The zero-order chi connectivity index (χ0) is 26.2. The van der Waals surface area contributed by atoms with Crippen molar-refractivity contribution in [3.05, 3.63) is 76.6 Å². The van der Waals surface area contributed by atoms with Crippen LogP contribution in [-0.2, 0) is 6.54 Å². The van der Waals surface area contributed by atoms with E-state index in [4.69, 9.17) is 18.9 Å². The van der Waals surface area contributed by atoms with Crippen molar-refractivity contribution in [2.24, 2.45) is 5.92 Å². The smallest absolute Gasteiger partial charge is 0.205 e. The van der Waals surface area contributed by atoms with Gasteiger partial charge in [-0.25, -0.2) is 8.78 Å². The Morgan fingerprint density at radius 2 is 1.06 bits per heavy atom. The Balaban J connectivity index is 2.02. The maximum atomic E-state index is 14.6. The monoisotopic (exact) mass is 496 g/mol. The molecule has 3 aromatic rings. The second kappa shape index (κ2) is 12.2. The molecule has 5 nitrogen and oxygen atoms in total. The number of aromatic nitrogens is 1. The van der Waals surface area contributed by atoms with Crippen molar-refractivity contribution in [2.75, 3.05) is 28.4 Å². The van der Waals surface area contributed by atoms with Gasteiger partial charge in [-0.1, -0.05) is 13.8 Å². The number of pyridine rings is 1. The van der Waals surface area contributed by atoms with E-state index in [0.29, 0.717) is 46.6 Å². The molecule has 0 fully saturated rings. The number of nitrogens with zero attached hydrogens (tertiary/aromatic N) is 1. The van der Waals surface area contributed by atoms with E-state index in [0.717, 1.165) is 11.4 Å². The predicted molar refractivity (Wildman–Crippen MR) is 138 cm³/mol. The summed E-state index contributed by atoms with van der Waals surface area (Å²) in [5.74, 6) is 1.06. The summed E-state index contributed by atoms with van der Waals surface area (Å²) in [4.78, 5) is 0. The van der Waals surface area contributed by atoms with E-state index < -0.39 is 11.6 Å². The molecular weight excluding hydrogens is 464 g/mol. The van der Waals surface area contributed by atoms with Crippen LogP contribution in [0.4, 0.5) is 8.78 Å². The Kier molecular flexibility index (Phi) is 9.06. The van der Waals surface area contributed by atoms with Crippen LogP contribution in [0.15, 0.2) is 42.5 Å². The fourth-order valence-electron chi connectivity index (χ4n) is 3.79. The van der Waals surface area contributed by atoms with Crippen LogP contribution in [-0.4, -0.2) is 28.4 Å². The zero-order valence-corrected chi connectivity index (χ0v) is 21.5. The maximum absolute atomic E-state index is 14.6. The van der Waals surface area contributed by atoms with Gasteiger partial charge in [-0.3, -0.25) is 0 Å². The van der Waals surface area contributed by atoms with Crippen molar-refractivity contribution >= 4 is 24.3 Å². The van der Waals surface area contributed by atoms with Crippen LogP contribution in [0, 0.1) is 17.6 Å². The largest absolute Gasteiger partial charge is 0.493 e. The van der Waals surface area contributed by atoms with Gasteiger partial charge in [0.15, 0.2) is 29.5 Å². The molecule has 0 spiro atoms. The summed E-state index contributed by atoms with van der Waals surface area (Å²) in [6, 6.07) is 11.6. The Labute approximate surface area is 211 Å². The van der Waals surface area contributed by atoms with E-state index in [1.165, 1.54) is 40.6 Å². The molecule has 0 radical (unpaired) electrons. The van der Waals surface area contributed by atoms with Gasteiger partial charge in [0.2, 0.25) is 11.4 Å². The van der Waals surface area contributed by atoms with Crippen molar-refractivity contribution in [1.82, 2.24) is 0 Å². The third-order valence-electron chi connectivity index (χ3n) is 5.58. The maximum Gasteiger partial charge on any atom is 0.205 e. The van der Waals surface area contributed by atoms with Gasteiger partial charge in [-0.2, -0.15) is 4.57 Å². The highest BCUT2D eigenvalue weighted by molar-refractivity contribution is 5.71. The van der Waals surface area contributed by atoms with Crippen LogP contribution in [0.3, 0.4) is 0 Å². The van der Waals surface area contributed by atoms with Gasteiger partial charge < -0.3 is 18.9 Å².